The molecule has 7 nitrogen and oxygen atoms in total. The van der Waals surface area contributed by atoms with E-state index in [4.69, 9.17) is 4.52 Å². The van der Waals surface area contributed by atoms with Gasteiger partial charge in [0.1, 0.15) is 0 Å². The van der Waals surface area contributed by atoms with Gasteiger partial charge >= 0.3 is 0 Å². The molecule has 17 heavy (non-hydrogen) atoms. The number of nitrogens with zero attached hydrogens (tertiary/aromatic N) is 3. The van der Waals surface area contributed by atoms with Gasteiger partial charge in [0.05, 0.1) is 12.5 Å². The lowest BCUT2D eigenvalue weighted by Gasteiger charge is -2.37. The Morgan fingerprint density at radius 2 is 2.24 bits per heavy atom. The molecule has 7 heteroatoms. The lowest BCUT2D eigenvalue weighted by molar-refractivity contribution is -0.141. The molecule has 0 aliphatic carbocycles. The molecule has 1 aromatic heterocycles. The smallest absolute Gasteiger partial charge is 0.246 e. The predicted octanol–water partition coefficient (Wildman–Crippen LogP) is -0.527. The van der Waals surface area contributed by atoms with Crippen LogP contribution in [0.1, 0.15) is 18.6 Å². The summed E-state index contributed by atoms with van der Waals surface area (Å²) in [6, 6.07) is 0. The molecular formula is C10H14N4O3. The van der Waals surface area contributed by atoms with Gasteiger partial charge in [0, 0.05) is 20.0 Å². The van der Waals surface area contributed by atoms with Crippen molar-refractivity contribution in [3.05, 3.63) is 11.7 Å². The summed E-state index contributed by atoms with van der Waals surface area (Å²) in [7, 11) is 0. The SMILES string of the molecule is CC(=O)N1CC(C(=O)NCc2nc(C)no2)C1. The van der Waals surface area contributed by atoms with Gasteiger partial charge < -0.3 is 14.7 Å². The fraction of sp³-hybridized carbons (Fsp3) is 0.600. The van der Waals surface area contributed by atoms with Crippen molar-refractivity contribution in [1.29, 1.82) is 0 Å². The second-order valence-electron chi connectivity index (χ2n) is 4.07. The quantitative estimate of drug-likeness (QED) is 0.765. The van der Waals surface area contributed by atoms with Gasteiger partial charge in [-0.05, 0) is 6.92 Å². The van der Waals surface area contributed by atoms with E-state index < -0.39 is 0 Å². The summed E-state index contributed by atoms with van der Waals surface area (Å²) < 4.78 is 4.87. The monoisotopic (exact) mass is 238 g/mol. The van der Waals surface area contributed by atoms with E-state index in [0.717, 1.165) is 0 Å². The Morgan fingerprint density at radius 1 is 1.53 bits per heavy atom. The minimum Gasteiger partial charge on any atom is -0.347 e. The first-order chi connectivity index (χ1) is 8.06. The zero-order valence-electron chi connectivity index (χ0n) is 9.77. The molecule has 0 unspecified atom stereocenters. The van der Waals surface area contributed by atoms with Crippen LogP contribution in [0.3, 0.4) is 0 Å². The van der Waals surface area contributed by atoms with Gasteiger partial charge in [-0.2, -0.15) is 4.98 Å². The highest BCUT2D eigenvalue weighted by molar-refractivity contribution is 5.83. The van der Waals surface area contributed by atoms with E-state index in [1.165, 1.54) is 6.92 Å². The topological polar surface area (TPSA) is 88.3 Å². The molecule has 2 amide bonds. The van der Waals surface area contributed by atoms with Gasteiger partial charge in [-0.3, -0.25) is 9.59 Å². The molecule has 0 radical (unpaired) electrons. The third-order valence-electron chi connectivity index (χ3n) is 2.68. The van der Waals surface area contributed by atoms with Crippen molar-refractivity contribution in [2.75, 3.05) is 13.1 Å². The maximum absolute atomic E-state index is 11.6. The maximum atomic E-state index is 11.6. The zero-order chi connectivity index (χ0) is 12.4. The van der Waals surface area contributed by atoms with Gasteiger partial charge in [-0.1, -0.05) is 5.16 Å². The van der Waals surface area contributed by atoms with E-state index in [9.17, 15) is 9.59 Å². The van der Waals surface area contributed by atoms with Crippen LogP contribution in [0.25, 0.3) is 0 Å². The molecule has 0 spiro atoms. The molecule has 2 rings (SSSR count). The van der Waals surface area contributed by atoms with Crippen LogP contribution in [0, 0.1) is 12.8 Å². The van der Waals surface area contributed by atoms with E-state index in [1.54, 1.807) is 11.8 Å². The molecule has 0 saturated carbocycles. The van der Waals surface area contributed by atoms with Crippen LogP contribution in [0.2, 0.25) is 0 Å². The first kappa shape index (κ1) is 11.6. The molecule has 1 fully saturated rings. The van der Waals surface area contributed by atoms with E-state index in [-0.39, 0.29) is 24.3 Å². The molecule has 1 N–H and O–H groups in total. The number of hydrogen-bond donors (Lipinski definition) is 1. The number of rotatable bonds is 3. The average Bonchev–Trinajstić information content (AvgIpc) is 2.58. The average molecular weight is 238 g/mol. The summed E-state index contributed by atoms with van der Waals surface area (Å²) in [6.45, 7) is 4.42. The van der Waals surface area contributed by atoms with Crippen molar-refractivity contribution in [1.82, 2.24) is 20.4 Å². The molecule has 0 aromatic carbocycles. The first-order valence-corrected chi connectivity index (χ1v) is 5.38. The predicted molar refractivity (Wildman–Crippen MR) is 56.6 cm³/mol. The summed E-state index contributed by atoms with van der Waals surface area (Å²) in [4.78, 5) is 28.2. The summed E-state index contributed by atoms with van der Waals surface area (Å²) >= 11 is 0. The molecule has 0 atom stereocenters. The van der Waals surface area contributed by atoms with Crippen molar-refractivity contribution in [3.63, 3.8) is 0 Å². The molecule has 1 aliphatic rings. The number of aryl methyl sites for hydroxylation is 1. The maximum Gasteiger partial charge on any atom is 0.246 e. The summed E-state index contributed by atoms with van der Waals surface area (Å²) in [5, 5.41) is 6.32. The van der Waals surface area contributed by atoms with E-state index in [2.05, 4.69) is 15.5 Å². The Balaban J connectivity index is 1.74. The van der Waals surface area contributed by atoms with E-state index in [0.29, 0.717) is 24.8 Å². The number of likely N-dealkylation sites (tertiary alicyclic amines) is 1. The van der Waals surface area contributed by atoms with Crippen LogP contribution in [-0.4, -0.2) is 39.9 Å². The Kier molecular flexibility index (Phi) is 3.08. The minimum atomic E-state index is -0.122. The molecule has 0 bridgehead atoms. The zero-order valence-corrected chi connectivity index (χ0v) is 9.77. The highest BCUT2D eigenvalue weighted by Gasteiger charge is 2.33. The molecule has 2 heterocycles. The van der Waals surface area contributed by atoms with Gasteiger partial charge in [0.15, 0.2) is 5.82 Å². The second kappa shape index (κ2) is 4.52. The number of hydrogen-bond acceptors (Lipinski definition) is 5. The Hall–Kier alpha value is -1.92. The normalized spacial score (nSPS) is 15.5. The van der Waals surface area contributed by atoms with Gasteiger partial charge in [0.2, 0.25) is 17.7 Å². The van der Waals surface area contributed by atoms with Crippen LogP contribution < -0.4 is 5.32 Å². The fourth-order valence-electron chi connectivity index (χ4n) is 1.62. The van der Waals surface area contributed by atoms with Crippen molar-refractivity contribution in [2.24, 2.45) is 5.92 Å². The van der Waals surface area contributed by atoms with E-state index in [1.807, 2.05) is 0 Å². The lowest BCUT2D eigenvalue weighted by Crippen LogP contribution is -2.55. The summed E-state index contributed by atoms with van der Waals surface area (Å²) in [5.41, 5.74) is 0. The van der Waals surface area contributed by atoms with Crippen LogP contribution in [-0.2, 0) is 16.1 Å². The third-order valence-corrected chi connectivity index (χ3v) is 2.68. The summed E-state index contributed by atoms with van der Waals surface area (Å²) in [5.74, 6) is 0.724. The van der Waals surface area contributed by atoms with Gasteiger partial charge in [0.25, 0.3) is 0 Å². The number of carbonyl (C=O) groups excluding carboxylic acids is 2. The Morgan fingerprint density at radius 3 is 2.76 bits per heavy atom. The molecule has 1 aliphatic heterocycles. The Labute approximate surface area is 98.2 Å². The Bertz CT molecular complexity index is 437. The van der Waals surface area contributed by atoms with Crippen molar-refractivity contribution in [2.45, 2.75) is 20.4 Å². The minimum absolute atomic E-state index is 0.00146. The molecular weight excluding hydrogens is 224 g/mol. The third kappa shape index (κ3) is 2.61. The van der Waals surface area contributed by atoms with Crippen LogP contribution in [0.5, 0.6) is 0 Å². The molecule has 1 saturated heterocycles. The van der Waals surface area contributed by atoms with Crippen molar-refractivity contribution >= 4 is 11.8 Å². The number of nitrogens with one attached hydrogen (secondary N) is 1. The standard InChI is InChI=1S/C10H14N4O3/c1-6-12-9(17-13-6)3-11-10(16)8-4-14(5-8)7(2)15/h8H,3-5H2,1-2H3,(H,11,16). The van der Waals surface area contributed by atoms with Gasteiger partial charge in [-0.25, -0.2) is 0 Å². The van der Waals surface area contributed by atoms with Crippen LogP contribution in [0.4, 0.5) is 0 Å². The lowest BCUT2D eigenvalue weighted by atomic mass is 9.99. The molecule has 92 valence electrons. The second-order valence-corrected chi connectivity index (χ2v) is 4.07. The first-order valence-electron chi connectivity index (χ1n) is 5.38. The molecule has 1 aromatic rings. The van der Waals surface area contributed by atoms with Crippen LogP contribution >= 0.6 is 0 Å². The largest absolute Gasteiger partial charge is 0.347 e. The van der Waals surface area contributed by atoms with Gasteiger partial charge in [-0.15, -0.1) is 0 Å². The van der Waals surface area contributed by atoms with Crippen LogP contribution in [0.15, 0.2) is 4.52 Å². The number of amides is 2. The fourth-order valence-corrected chi connectivity index (χ4v) is 1.62. The highest BCUT2D eigenvalue weighted by Crippen LogP contribution is 2.15. The van der Waals surface area contributed by atoms with E-state index >= 15 is 0 Å². The van der Waals surface area contributed by atoms with Crippen molar-refractivity contribution < 1.29 is 14.1 Å². The highest BCUT2D eigenvalue weighted by atomic mass is 16.5. The number of aromatic nitrogens is 2. The summed E-state index contributed by atoms with van der Waals surface area (Å²) in [6.07, 6.45) is 0. The number of carbonyl (C=O) groups is 2. The van der Waals surface area contributed by atoms with Crippen molar-refractivity contribution in [3.8, 4) is 0 Å².